The van der Waals surface area contributed by atoms with Gasteiger partial charge in [0.05, 0.1) is 22.5 Å². The van der Waals surface area contributed by atoms with Crippen LogP contribution < -0.4 is 9.47 Å². The van der Waals surface area contributed by atoms with Crippen molar-refractivity contribution in [2.45, 2.75) is 32.3 Å². The largest absolute Gasteiger partial charge is 0.492 e. The van der Waals surface area contributed by atoms with Crippen molar-refractivity contribution in [3.05, 3.63) is 70.9 Å². The number of benzene rings is 2. The standard InChI is InChI=1S/C23H25Cl3O4/c1-5-10-28-21-8-6-16(11-19(21)25)23(3,4)17-7-9-22(20(26)12-17)29-14-18(13-24)30-15(2)27/h5-9,11-12,18H,1,10,13-14H2,2-4H3/t18-/m1/s1. The first-order chi connectivity index (χ1) is 14.2. The predicted molar refractivity (Wildman–Crippen MR) is 122 cm³/mol. The number of alkyl halides is 1. The van der Waals surface area contributed by atoms with Gasteiger partial charge in [-0.1, -0.05) is 49.2 Å². The molecular weight excluding hydrogens is 447 g/mol. The van der Waals surface area contributed by atoms with Gasteiger partial charge in [0.15, 0.2) is 0 Å². The van der Waals surface area contributed by atoms with Crippen molar-refractivity contribution >= 4 is 40.8 Å². The topological polar surface area (TPSA) is 44.8 Å². The molecule has 162 valence electrons. The van der Waals surface area contributed by atoms with Gasteiger partial charge in [0.1, 0.15) is 24.2 Å². The highest BCUT2D eigenvalue weighted by Crippen LogP contribution is 2.38. The fourth-order valence-corrected chi connectivity index (χ4v) is 3.48. The fourth-order valence-electron chi connectivity index (χ4n) is 2.86. The van der Waals surface area contributed by atoms with E-state index in [0.29, 0.717) is 28.2 Å². The second kappa shape index (κ2) is 11.1. The Balaban J connectivity index is 2.17. The van der Waals surface area contributed by atoms with Crippen LogP contribution >= 0.6 is 34.8 Å². The Morgan fingerprint density at radius 2 is 1.60 bits per heavy atom. The van der Waals surface area contributed by atoms with Crippen molar-refractivity contribution in [3.8, 4) is 11.5 Å². The van der Waals surface area contributed by atoms with E-state index in [1.165, 1.54) is 6.92 Å². The van der Waals surface area contributed by atoms with Gasteiger partial charge in [-0.3, -0.25) is 4.79 Å². The summed E-state index contributed by atoms with van der Waals surface area (Å²) >= 11 is 18.6. The van der Waals surface area contributed by atoms with Crippen molar-refractivity contribution in [2.24, 2.45) is 0 Å². The Morgan fingerprint density at radius 3 is 2.03 bits per heavy atom. The van der Waals surface area contributed by atoms with Gasteiger partial charge in [-0.05, 0) is 48.7 Å². The summed E-state index contributed by atoms with van der Waals surface area (Å²) in [6.45, 7) is 9.64. The van der Waals surface area contributed by atoms with E-state index in [1.807, 2.05) is 30.3 Å². The Hall–Kier alpha value is -1.62. The normalized spacial score (nSPS) is 12.4. The highest BCUT2D eigenvalue weighted by atomic mass is 35.5. The van der Waals surface area contributed by atoms with Gasteiger partial charge in [0.2, 0.25) is 0 Å². The summed E-state index contributed by atoms with van der Waals surface area (Å²) in [5.74, 6) is 0.825. The van der Waals surface area contributed by atoms with Gasteiger partial charge in [0.25, 0.3) is 0 Å². The van der Waals surface area contributed by atoms with Gasteiger partial charge >= 0.3 is 5.97 Å². The molecular formula is C23H25Cl3O4. The Kier molecular flexibility index (Phi) is 9.14. The van der Waals surface area contributed by atoms with Crippen LogP contribution in [0.25, 0.3) is 0 Å². The summed E-state index contributed by atoms with van der Waals surface area (Å²) in [7, 11) is 0. The summed E-state index contributed by atoms with van der Waals surface area (Å²) in [6, 6.07) is 11.3. The van der Waals surface area contributed by atoms with Gasteiger partial charge in [-0.2, -0.15) is 0 Å². The van der Waals surface area contributed by atoms with Crippen LogP contribution in [0.5, 0.6) is 11.5 Å². The second-order valence-corrected chi connectivity index (χ2v) is 8.33. The summed E-state index contributed by atoms with van der Waals surface area (Å²) in [4.78, 5) is 11.1. The van der Waals surface area contributed by atoms with Crippen molar-refractivity contribution in [3.63, 3.8) is 0 Å². The van der Waals surface area contributed by atoms with Crippen LogP contribution in [0.3, 0.4) is 0 Å². The zero-order valence-electron chi connectivity index (χ0n) is 17.2. The lowest BCUT2D eigenvalue weighted by atomic mass is 9.78. The van der Waals surface area contributed by atoms with Crippen molar-refractivity contribution in [1.29, 1.82) is 0 Å². The number of hydrogen-bond donors (Lipinski definition) is 0. The smallest absolute Gasteiger partial charge is 0.303 e. The molecule has 1 atom stereocenters. The van der Waals surface area contributed by atoms with E-state index in [0.717, 1.165) is 11.1 Å². The highest BCUT2D eigenvalue weighted by molar-refractivity contribution is 6.32. The third kappa shape index (κ3) is 6.44. The molecule has 0 bridgehead atoms. The zero-order valence-corrected chi connectivity index (χ0v) is 19.5. The molecule has 2 aromatic carbocycles. The lowest BCUT2D eigenvalue weighted by Gasteiger charge is -2.27. The van der Waals surface area contributed by atoms with E-state index in [9.17, 15) is 4.79 Å². The third-order valence-electron chi connectivity index (χ3n) is 4.59. The third-order valence-corrected chi connectivity index (χ3v) is 5.53. The average Bonchev–Trinajstić information content (AvgIpc) is 2.70. The lowest BCUT2D eigenvalue weighted by molar-refractivity contribution is -0.146. The second-order valence-electron chi connectivity index (χ2n) is 7.21. The van der Waals surface area contributed by atoms with E-state index in [1.54, 1.807) is 12.5 Å². The summed E-state index contributed by atoms with van der Waals surface area (Å²) < 4.78 is 16.3. The highest BCUT2D eigenvalue weighted by Gasteiger charge is 2.25. The molecule has 0 spiro atoms. The van der Waals surface area contributed by atoms with Crippen LogP contribution in [0.1, 0.15) is 31.9 Å². The molecule has 0 N–H and O–H groups in total. The minimum Gasteiger partial charge on any atom is -0.492 e. The summed E-state index contributed by atoms with van der Waals surface area (Å²) in [5, 5.41) is 0.986. The molecule has 0 heterocycles. The Bertz CT molecular complexity index is 868. The van der Waals surface area contributed by atoms with Gasteiger partial charge in [-0.15, -0.1) is 11.6 Å². The summed E-state index contributed by atoms with van der Waals surface area (Å²) in [6.07, 6.45) is 1.13. The van der Waals surface area contributed by atoms with E-state index >= 15 is 0 Å². The Labute approximate surface area is 193 Å². The molecule has 2 radical (unpaired) electrons. The first-order valence-electron chi connectivity index (χ1n) is 9.38. The SMILES string of the molecule is [CH2][CH]COc1ccc(C(C)(C)c2ccc(OC[C@@H](CCl)OC(C)=O)c(Cl)c2)cc1Cl. The number of ether oxygens (including phenoxy) is 3. The molecule has 7 heteroatoms. The molecule has 0 amide bonds. The van der Waals surface area contributed by atoms with E-state index < -0.39 is 12.1 Å². The quantitative estimate of drug-likeness (QED) is 0.302. The minimum atomic E-state index is -0.541. The van der Waals surface area contributed by atoms with Crippen LogP contribution in [-0.4, -0.2) is 31.2 Å². The molecule has 0 fully saturated rings. The molecule has 0 aliphatic heterocycles. The van der Waals surface area contributed by atoms with E-state index in [-0.39, 0.29) is 17.9 Å². The number of halogens is 3. The fraction of sp³-hybridized carbons (Fsp3) is 0.348. The maximum Gasteiger partial charge on any atom is 0.303 e. The zero-order chi connectivity index (χ0) is 22.3. The first-order valence-corrected chi connectivity index (χ1v) is 10.7. The molecule has 0 aliphatic carbocycles. The molecule has 30 heavy (non-hydrogen) atoms. The van der Waals surface area contributed by atoms with Crippen LogP contribution in [0, 0.1) is 13.3 Å². The molecule has 0 unspecified atom stereocenters. The van der Waals surface area contributed by atoms with Gasteiger partial charge in [-0.25, -0.2) is 0 Å². The maximum atomic E-state index is 11.1. The first kappa shape index (κ1) is 24.6. The number of hydrogen-bond acceptors (Lipinski definition) is 4. The van der Waals surface area contributed by atoms with Crippen LogP contribution in [0.2, 0.25) is 10.0 Å². The Morgan fingerprint density at radius 1 is 1.07 bits per heavy atom. The predicted octanol–water partition coefficient (Wildman–Crippen LogP) is 6.29. The molecule has 0 saturated carbocycles. The number of carbonyl (C=O) groups is 1. The van der Waals surface area contributed by atoms with E-state index in [4.69, 9.17) is 49.0 Å². The van der Waals surface area contributed by atoms with E-state index in [2.05, 4.69) is 20.8 Å². The van der Waals surface area contributed by atoms with Crippen LogP contribution in [0.15, 0.2) is 36.4 Å². The van der Waals surface area contributed by atoms with Crippen LogP contribution in [-0.2, 0) is 14.9 Å². The monoisotopic (exact) mass is 470 g/mol. The molecule has 2 rings (SSSR count). The summed E-state index contributed by atoms with van der Waals surface area (Å²) in [5.41, 5.74) is 1.64. The molecule has 0 saturated heterocycles. The lowest BCUT2D eigenvalue weighted by Crippen LogP contribution is -2.25. The number of carbonyl (C=O) groups excluding carboxylic acids is 1. The average molecular weight is 472 g/mol. The molecule has 0 aromatic heterocycles. The number of rotatable bonds is 10. The molecule has 2 aromatic rings. The minimum absolute atomic E-state index is 0.118. The number of esters is 1. The van der Waals surface area contributed by atoms with Gasteiger partial charge in [0, 0.05) is 12.3 Å². The van der Waals surface area contributed by atoms with Crippen LogP contribution in [0.4, 0.5) is 0 Å². The maximum absolute atomic E-state index is 11.1. The molecule has 0 aliphatic rings. The van der Waals surface area contributed by atoms with Crippen molar-refractivity contribution in [2.75, 3.05) is 19.1 Å². The van der Waals surface area contributed by atoms with Crippen molar-refractivity contribution < 1.29 is 19.0 Å². The van der Waals surface area contributed by atoms with Crippen molar-refractivity contribution in [1.82, 2.24) is 0 Å². The van der Waals surface area contributed by atoms with Gasteiger partial charge < -0.3 is 14.2 Å². The molecule has 4 nitrogen and oxygen atoms in total.